The van der Waals surface area contributed by atoms with Gasteiger partial charge >= 0.3 is 0 Å². The van der Waals surface area contributed by atoms with Gasteiger partial charge in [-0.15, -0.1) is 0 Å². The van der Waals surface area contributed by atoms with Crippen molar-refractivity contribution in [2.24, 2.45) is 0 Å². The Morgan fingerprint density at radius 1 is 1.03 bits per heavy atom. The number of phenols is 1. The normalized spacial score (nSPS) is 19.3. The van der Waals surface area contributed by atoms with E-state index in [0.717, 1.165) is 24.2 Å². The molecule has 33 heavy (non-hydrogen) atoms. The number of anilines is 1. The van der Waals surface area contributed by atoms with Gasteiger partial charge in [0.1, 0.15) is 17.3 Å². The number of nitrogens with zero attached hydrogens (tertiary/aromatic N) is 1. The van der Waals surface area contributed by atoms with Crippen LogP contribution in [0.25, 0.3) is 5.76 Å². The molecule has 1 atom stereocenters. The fraction of sp³-hybridized carbons (Fsp3) is 0.154. The molecule has 0 bridgehead atoms. The first-order valence-electron chi connectivity index (χ1n) is 10.6. The Kier molecular flexibility index (Phi) is 5.30. The summed E-state index contributed by atoms with van der Waals surface area (Å²) in [5, 5.41) is 21.8. The maximum atomic E-state index is 13.2. The predicted molar refractivity (Wildman–Crippen MR) is 125 cm³/mol. The van der Waals surface area contributed by atoms with Gasteiger partial charge in [-0.3, -0.25) is 14.5 Å². The maximum absolute atomic E-state index is 13.2. The summed E-state index contributed by atoms with van der Waals surface area (Å²) >= 11 is 6.01. The first-order valence-corrected chi connectivity index (χ1v) is 10.9. The lowest BCUT2D eigenvalue weighted by atomic mass is 9.93. The molecule has 166 valence electrons. The van der Waals surface area contributed by atoms with Gasteiger partial charge in [-0.2, -0.15) is 0 Å². The van der Waals surface area contributed by atoms with Gasteiger partial charge in [0.25, 0.3) is 11.7 Å². The van der Waals surface area contributed by atoms with Crippen molar-refractivity contribution in [1.29, 1.82) is 0 Å². The van der Waals surface area contributed by atoms with Gasteiger partial charge in [0.15, 0.2) is 0 Å². The molecule has 1 fully saturated rings. The molecule has 0 saturated carbocycles. The summed E-state index contributed by atoms with van der Waals surface area (Å²) in [5.41, 5.74) is 2.27. The number of carbonyl (C=O) groups is 2. The van der Waals surface area contributed by atoms with E-state index in [4.69, 9.17) is 16.3 Å². The Hall–Kier alpha value is -3.77. The molecule has 2 aliphatic rings. The number of aromatic hydroxyl groups is 1. The second-order valence-electron chi connectivity index (χ2n) is 8.02. The average molecular weight is 462 g/mol. The number of fused-ring (bicyclic) bond motifs is 1. The molecule has 0 aromatic heterocycles. The van der Waals surface area contributed by atoms with Crippen LogP contribution in [0.5, 0.6) is 11.5 Å². The largest absolute Gasteiger partial charge is 0.508 e. The zero-order valence-corrected chi connectivity index (χ0v) is 18.2. The quantitative estimate of drug-likeness (QED) is 0.326. The monoisotopic (exact) mass is 461 g/mol. The van der Waals surface area contributed by atoms with Crippen LogP contribution in [0.15, 0.2) is 72.3 Å². The highest BCUT2D eigenvalue weighted by Gasteiger charge is 2.47. The molecule has 3 aromatic carbocycles. The molecule has 1 amide bonds. The molecule has 2 N–H and O–H groups in total. The molecule has 0 spiro atoms. The van der Waals surface area contributed by atoms with E-state index in [1.807, 2.05) is 0 Å². The van der Waals surface area contributed by atoms with Crippen LogP contribution in [0, 0.1) is 0 Å². The van der Waals surface area contributed by atoms with Crippen molar-refractivity contribution in [3.8, 4) is 11.5 Å². The van der Waals surface area contributed by atoms with Crippen LogP contribution in [0.3, 0.4) is 0 Å². The number of halogens is 1. The van der Waals surface area contributed by atoms with E-state index in [1.165, 1.54) is 17.0 Å². The lowest BCUT2D eigenvalue weighted by molar-refractivity contribution is -0.132. The van der Waals surface area contributed by atoms with Crippen LogP contribution in [0.4, 0.5) is 5.69 Å². The summed E-state index contributed by atoms with van der Waals surface area (Å²) in [5.74, 6) is -1.10. The minimum absolute atomic E-state index is 0.0138. The number of hydrogen-bond donors (Lipinski definition) is 2. The van der Waals surface area contributed by atoms with Crippen LogP contribution >= 0.6 is 11.6 Å². The first kappa shape index (κ1) is 21.1. The number of hydrogen-bond acceptors (Lipinski definition) is 5. The molecule has 1 unspecified atom stereocenters. The number of benzene rings is 3. The molecule has 2 heterocycles. The Labute approximate surface area is 195 Å². The smallest absolute Gasteiger partial charge is 0.300 e. The molecule has 6 nitrogen and oxygen atoms in total. The number of amides is 1. The van der Waals surface area contributed by atoms with E-state index < -0.39 is 17.7 Å². The van der Waals surface area contributed by atoms with Crippen molar-refractivity contribution in [3.63, 3.8) is 0 Å². The van der Waals surface area contributed by atoms with Gasteiger partial charge in [0.05, 0.1) is 18.2 Å². The Bertz CT molecular complexity index is 1300. The summed E-state index contributed by atoms with van der Waals surface area (Å²) in [6, 6.07) is 17.1. The number of aliphatic hydroxyl groups is 1. The summed E-state index contributed by atoms with van der Waals surface area (Å²) in [7, 11) is 0. The summed E-state index contributed by atoms with van der Waals surface area (Å²) in [4.78, 5) is 27.7. The number of ether oxygens (including phenoxy) is 1. The molecule has 0 aliphatic carbocycles. The first-order chi connectivity index (χ1) is 15.9. The number of carbonyl (C=O) groups excluding carboxylic acids is 2. The molecule has 7 heteroatoms. The Morgan fingerprint density at radius 2 is 1.82 bits per heavy atom. The zero-order chi connectivity index (χ0) is 23.1. The zero-order valence-electron chi connectivity index (χ0n) is 17.5. The number of ketones is 1. The summed E-state index contributed by atoms with van der Waals surface area (Å²) in [6.07, 6.45) is 1.66. The number of Topliss-reactive ketones (excluding diaryl/α,β-unsaturated/α-hetero) is 1. The van der Waals surface area contributed by atoms with Crippen molar-refractivity contribution < 1.29 is 24.5 Å². The van der Waals surface area contributed by atoms with Crippen LogP contribution in [-0.2, 0) is 16.0 Å². The Morgan fingerprint density at radius 3 is 2.58 bits per heavy atom. The lowest BCUT2D eigenvalue weighted by Gasteiger charge is -2.25. The van der Waals surface area contributed by atoms with Gasteiger partial charge in [0.2, 0.25) is 0 Å². The molecule has 3 aromatic rings. The van der Waals surface area contributed by atoms with E-state index >= 15 is 0 Å². The van der Waals surface area contributed by atoms with Crippen LogP contribution < -0.4 is 9.64 Å². The van der Waals surface area contributed by atoms with Crippen LogP contribution in [0.1, 0.15) is 29.2 Å². The van der Waals surface area contributed by atoms with Gasteiger partial charge in [-0.05, 0) is 78.6 Å². The second kappa shape index (κ2) is 8.30. The van der Waals surface area contributed by atoms with Crippen LogP contribution in [0.2, 0.25) is 5.02 Å². The summed E-state index contributed by atoms with van der Waals surface area (Å²) in [6.45, 7) is 0.641. The third kappa shape index (κ3) is 3.72. The third-order valence-corrected chi connectivity index (χ3v) is 6.17. The van der Waals surface area contributed by atoms with E-state index in [0.29, 0.717) is 28.4 Å². The number of aryl methyl sites for hydroxylation is 1. The average Bonchev–Trinajstić information content (AvgIpc) is 3.09. The summed E-state index contributed by atoms with van der Waals surface area (Å²) < 4.78 is 5.64. The number of rotatable bonds is 3. The van der Waals surface area contributed by atoms with Crippen molar-refractivity contribution >= 4 is 34.7 Å². The van der Waals surface area contributed by atoms with E-state index in [2.05, 4.69) is 0 Å². The highest BCUT2D eigenvalue weighted by atomic mass is 35.5. The Balaban J connectivity index is 1.70. The standard InChI is InChI=1S/C26H20ClNO5/c27-18-7-9-19(10-8-18)28-23(16-3-1-5-20(29)14-16)22(25(31)26(28)32)24(30)17-6-11-21-15(13-17)4-2-12-33-21/h1,3,5-11,13-14,23,29-30H,2,4,12H2/b24-22-. The van der Waals surface area contributed by atoms with E-state index in [1.54, 1.807) is 54.6 Å². The molecular formula is C26H20ClNO5. The molecule has 1 saturated heterocycles. The minimum atomic E-state index is -0.925. The van der Waals surface area contributed by atoms with Gasteiger partial charge in [-0.25, -0.2) is 0 Å². The number of phenolic OH excluding ortho intramolecular Hbond substituents is 1. The molecule has 2 aliphatic heterocycles. The van der Waals surface area contributed by atoms with Crippen molar-refractivity contribution in [2.75, 3.05) is 11.5 Å². The van der Waals surface area contributed by atoms with Gasteiger partial charge < -0.3 is 14.9 Å². The highest BCUT2D eigenvalue weighted by Crippen LogP contribution is 2.43. The molecule has 5 rings (SSSR count). The topological polar surface area (TPSA) is 87.1 Å². The van der Waals surface area contributed by atoms with E-state index in [-0.39, 0.29) is 17.1 Å². The maximum Gasteiger partial charge on any atom is 0.300 e. The highest BCUT2D eigenvalue weighted by molar-refractivity contribution is 6.51. The predicted octanol–water partition coefficient (Wildman–Crippen LogP) is 5.00. The molecule has 0 radical (unpaired) electrons. The third-order valence-electron chi connectivity index (χ3n) is 5.92. The fourth-order valence-electron chi connectivity index (χ4n) is 4.37. The van der Waals surface area contributed by atoms with Gasteiger partial charge in [-0.1, -0.05) is 23.7 Å². The molecular weight excluding hydrogens is 442 g/mol. The lowest BCUT2D eigenvalue weighted by Crippen LogP contribution is -2.29. The van der Waals surface area contributed by atoms with Crippen molar-refractivity contribution in [2.45, 2.75) is 18.9 Å². The van der Waals surface area contributed by atoms with Gasteiger partial charge in [0, 0.05) is 16.3 Å². The second-order valence-corrected chi connectivity index (χ2v) is 8.45. The SMILES string of the molecule is O=C1C(=O)N(c2ccc(Cl)cc2)C(c2cccc(O)c2)/C1=C(/O)c1ccc2c(c1)CCCO2. The van der Waals surface area contributed by atoms with Crippen LogP contribution in [-0.4, -0.2) is 28.5 Å². The minimum Gasteiger partial charge on any atom is -0.508 e. The number of aliphatic hydroxyl groups excluding tert-OH is 1. The van der Waals surface area contributed by atoms with Crippen molar-refractivity contribution in [3.05, 3.63) is 94.0 Å². The van der Waals surface area contributed by atoms with E-state index in [9.17, 15) is 19.8 Å². The van der Waals surface area contributed by atoms with Crippen molar-refractivity contribution in [1.82, 2.24) is 0 Å². The fourth-order valence-corrected chi connectivity index (χ4v) is 4.50.